The van der Waals surface area contributed by atoms with E-state index in [0.29, 0.717) is 6.79 Å². The quantitative estimate of drug-likeness (QED) is 0.856. The zero-order valence-corrected chi connectivity index (χ0v) is 10.0. The molecule has 15 heavy (non-hydrogen) atoms. The molecule has 0 saturated carbocycles. The molecule has 1 aromatic carbocycles. The number of hydrogen-bond acceptors (Lipinski definition) is 3. The first kappa shape index (κ1) is 10.8. The van der Waals surface area contributed by atoms with Gasteiger partial charge in [-0.3, -0.25) is 0 Å². The van der Waals surface area contributed by atoms with Crippen molar-refractivity contribution in [1.29, 1.82) is 0 Å². The molecule has 4 heteroatoms. The Bertz CT molecular complexity index is 355. The van der Waals surface area contributed by atoms with Crippen LogP contribution in [0.25, 0.3) is 0 Å². The van der Waals surface area contributed by atoms with Crippen molar-refractivity contribution in [1.82, 2.24) is 0 Å². The van der Waals surface area contributed by atoms with Crippen LogP contribution in [0.5, 0.6) is 11.5 Å². The van der Waals surface area contributed by atoms with Crippen molar-refractivity contribution >= 4 is 15.9 Å². The van der Waals surface area contributed by atoms with Crippen molar-refractivity contribution in [2.75, 3.05) is 13.3 Å². The van der Waals surface area contributed by atoms with E-state index in [9.17, 15) is 0 Å². The molecule has 0 saturated heterocycles. The Balaban J connectivity index is 2.15. The Morgan fingerprint density at radius 2 is 2.00 bits per heavy atom. The van der Waals surface area contributed by atoms with Gasteiger partial charge in [0.15, 0.2) is 11.5 Å². The number of fused-ring (bicyclic) bond motifs is 1. The van der Waals surface area contributed by atoms with Crippen molar-refractivity contribution < 1.29 is 9.47 Å². The van der Waals surface area contributed by atoms with Gasteiger partial charge in [0.25, 0.3) is 0 Å². The van der Waals surface area contributed by atoms with Crippen LogP contribution in [-0.2, 0) is 6.42 Å². The highest BCUT2D eigenvalue weighted by molar-refractivity contribution is 9.10. The van der Waals surface area contributed by atoms with Gasteiger partial charge in [-0.1, -0.05) is 6.07 Å². The molecular formula is C11H14BrNO2. The highest BCUT2D eigenvalue weighted by Gasteiger charge is 2.20. The zero-order valence-electron chi connectivity index (χ0n) is 8.46. The number of halogens is 1. The smallest absolute Gasteiger partial charge is 0.231 e. The Morgan fingerprint density at radius 1 is 1.20 bits per heavy atom. The number of benzene rings is 1. The summed E-state index contributed by atoms with van der Waals surface area (Å²) in [4.78, 5) is 0. The zero-order chi connectivity index (χ0) is 10.7. The van der Waals surface area contributed by atoms with Crippen LogP contribution in [0.15, 0.2) is 16.6 Å². The molecule has 0 radical (unpaired) electrons. The Hall–Kier alpha value is -0.740. The lowest BCUT2D eigenvalue weighted by Crippen LogP contribution is -1.99. The molecule has 0 aromatic heterocycles. The second-order valence-corrected chi connectivity index (χ2v) is 4.37. The molecule has 0 spiro atoms. The molecule has 0 bridgehead atoms. The minimum Gasteiger partial charge on any atom is -0.453 e. The molecule has 2 N–H and O–H groups in total. The molecule has 0 unspecified atom stereocenters. The third-order valence-electron chi connectivity index (χ3n) is 2.45. The highest BCUT2D eigenvalue weighted by Crippen LogP contribution is 2.42. The molecule has 0 atom stereocenters. The standard InChI is InChI=1S/C11H14BrNO2/c12-9-5-4-8(3-1-2-6-13)10-11(9)15-7-14-10/h4-5H,1-3,6-7,13H2. The number of hydrogen-bond donors (Lipinski definition) is 1. The largest absolute Gasteiger partial charge is 0.453 e. The van der Waals surface area contributed by atoms with Crippen molar-refractivity contribution in [3.05, 3.63) is 22.2 Å². The van der Waals surface area contributed by atoms with E-state index in [1.165, 1.54) is 5.56 Å². The molecule has 1 aliphatic rings. The lowest BCUT2D eigenvalue weighted by atomic mass is 10.1. The number of ether oxygens (including phenoxy) is 2. The summed E-state index contributed by atoms with van der Waals surface area (Å²) in [6.07, 6.45) is 3.13. The SMILES string of the molecule is NCCCCc1ccc(Br)c2c1OCO2. The molecule has 1 aliphatic heterocycles. The van der Waals surface area contributed by atoms with E-state index < -0.39 is 0 Å². The highest BCUT2D eigenvalue weighted by atomic mass is 79.9. The fraction of sp³-hybridized carbons (Fsp3) is 0.455. The molecule has 1 aromatic rings. The van der Waals surface area contributed by atoms with Gasteiger partial charge < -0.3 is 15.2 Å². The summed E-state index contributed by atoms with van der Waals surface area (Å²) in [5.74, 6) is 1.72. The monoisotopic (exact) mass is 271 g/mol. The summed E-state index contributed by atoms with van der Waals surface area (Å²) in [7, 11) is 0. The van der Waals surface area contributed by atoms with Crippen LogP contribution in [0.3, 0.4) is 0 Å². The minimum atomic E-state index is 0.321. The average molecular weight is 272 g/mol. The number of rotatable bonds is 4. The molecule has 1 heterocycles. The fourth-order valence-corrected chi connectivity index (χ4v) is 2.10. The van der Waals surface area contributed by atoms with Crippen LogP contribution in [0.2, 0.25) is 0 Å². The maximum absolute atomic E-state index is 5.47. The third kappa shape index (κ3) is 2.26. The second kappa shape index (κ2) is 4.86. The lowest BCUT2D eigenvalue weighted by Gasteiger charge is -2.06. The molecule has 2 rings (SSSR count). The molecular weight excluding hydrogens is 258 g/mol. The summed E-state index contributed by atoms with van der Waals surface area (Å²) in [5, 5.41) is 0. The first-order valence-corrected chi connectivity index (χ1v) is 5.89. The van der Waals surface area contributed by atoms with Crippen LogP contribution >= 0.6 is 15.9 Å². The molecule has 0 fully saturated rings. The van der Waals surface area contributed by atoms with E-state index in [2.05, 4.69) is 22.0 Å². The predicted molar refractivity (Wildman–Crippen MR) is 62.3 cm³/mol. The maximum Gasteiger partial charge on any atom is 0.231 e. The summed E-state index contributed by atoms with van der Waals surface area (Å²) in [6.45, 7) is 1.07. The predicted octanol–water partition coefficient (Wildman–Crippen LogP) is 2.46. The Morgan fingerprint density at radius 3 is 2.80 bits per heavy atom. The maximum atomic E-state index is 5.47. The normalized spacial score (nSPS) is 13.2. The van der Waals surface area contributed by atoms with Crippen molar-refractivity contribution in [3.63, 3.8) is 0 Å². The number of aryl methyl sites for hydroxylation is 1. The number of nitrogens with two attached hydrogens (primary N) is 1. The van der Waals surface area contributed by atoms with Crippen LogP contribution < -0.4 is 15.2 Å². The van der Waals surface area contributed by atoms with Gasteiger partial charge >= 0.3 is 0 Å². The van der Waals surface area contributed by atoms with Crippen LogP contribution in [0.4, 0.5) is 0 Å². The molecule has 0 amide bonds. The number of unbranched alkanes of at least 4 members (excludes halogenated alkanes) is 1. The summed E-state index contributed by atoms with van der Waals surface area (Å²) < 4.78 is 11.8. The first-order valence-electron chi connectivity index (χ1n) is 5.10. The van der Waals surface area contributed by atoms with Crippen molar-refractivity contribution in [2.45, 2.75) is 19.3 Å². The van der Waals surface area contributed by atoms with E-state index in [1.807, 2.05) is 6.07 Å². The van der Waals surface area contributed by atoms with Gasteiger partial charge in [0, 0.05) is 0 Å². The van der Waals surface area contributed by atoms with Gasteiger partial charge in [-0.15, -0.1) is 0 Å². The molecule has 0 aliphatic carbocycles. The van der Waals surface area contributed by atoms with E-state index in [4.69, 9.17) is 15.2 Å². The van der Waals surface area contributed by atoms with E-state index in [1.54, 1.807) is 0 Å². The lowest BCUT2D eigenvalue weighted by molar-refractivity contribution is 0.172. The summed E-state index contributed by atoms with van der Waals surface area (Å²) in [6, 6.07) is 4.08. The average Bonchev–Trinajstić information content (AvgIpc) is 2.71. The van der Waals surface area contributed by atoms with Crippen LogP contribution in [0.1, 0.15) is 18.4 Å². The van der Waals surface area contributed by atoms with Gasteiger partial charge in [0.1, 0.15) is 0 Å². The van der Waals surface area contributed by atoms with Crippen molar-refractivity contribution in [2.24, 2.45) is 5.73 Å². The van der Waals surface area contributed by atoms with E-state index in [-0.39, 0.29) is 0 Å². The second-order valence-electron chi connectivity index (χ2n) is 3.52. The van der Waals surface area contributed by atoms with Gasteiger partial charge in [-0.2, -0.15) is 0 Å². The van der Waals surface area contributed by atoms with Gasteiger partial charge in [0.2, 0.25) is 6.79 Å². The summed E-state index contributed by atoms with van der Waals surface area (Å²) in [5.41, 5.74) is 6.67. The Kier molecular flexibility index (Phi) is 3.49. The topological polar surface area (TPSA) is 44.5 Å². The van der Waals surface area contributed by atoms with Crippen LogP contribution in [-0.4, -0.2) is 13.3 Å². The van der Waals surface area contributed by atoms with E-state index >= 15 is 0 Å². The fourth-order valence-electron chi connectivity index (χ4n) is 1.68. The van der Waals surface area contributed by atoms with Gasteiger partial charge in [-0.25, -0.2) is 0 Å². The van der Waals surface area contributed by atoms with Gasteiger partial charge in [0.05, 0.1) is 4.47 Å². The Labute approximate surface area is 97.7 Å². The molecule has 3 nitrogen and oxygen atoms in total. The van der Waals surface area contributed by atoms with Crippen LogP contribution in [0, 0.1) is 0 Å². The van der Waals surface area contributed by atoms with Gasteiger partial charge in [-0.05, 0) is 53.4 Å². The minimum absolute atomic E-state index is 0.321. The third-order valence-corrected chi connectivity index (χ3v) is 3.08. The summed E-state index contributed by atoms with van der Waals surface area (Å²) >= 11 is 3.44. The van der Waals surface area contributed by atoms with Crippen molar-refractivity contribution in [3.8, 4) is 11.5 Å². The first-order chi connectivity index (χ1) is 7.33. The molecule has 82 valence electrons. The van der Waals surface area contributed by atoms with E-state index in [0.717, 1.165) is 41.8 Å².